The largest absolute Gasteiger partial charge is 0.255 e. The van der Waals surface area contributed by atoms with Gasteiger partial charge in [0, 0.05) is 18.0 Å². The Hall–Kier alpha value is -2.00. The van der Waals surface area contributed by atoms with Gasteiger partial charge in [-0.25, -0.2) is 0 Å². The maximum atomic E-state index is 4.45. The standard InChI is InChI=1S/C14H10N2S/c1-2-7-15-13(3-1)14-5-4-11(9-16-14)12-6-8-17-10-12/h1-10H. The third-order valence-electron chi connectivity index (χ3n) is 2.55. The fourth-order valence-electron chi connectivity index (χ4n) is 1.66. The summed E-state index contributed by atoms with van der Waals surface area (Å²) in [6.07, 6.45) is 3.68. The molecule has 0 spiro atoms. The maximum Gasteiger partial charge on any atom is 0.0886 e. The molecule has 0 aliphatic rings. The quantitative estimate of drug-likeness (QED) is 0.677. The molecule has 0 radical (unpaired) electrons. The van der Waals surface area contributed by atoms with Crippen molar-refractivity contribution >= 4 is 11.3 Å². The van der Waals surface area contributed by atoms with Crippen LogP contribution in [0.3, 0.4) is 0 Å². The molecule has 0 unspecified atom stereocenters. The molecule has 17 heavy (non-hydrogen) atoms. The molecule has 0 atom stereocenters. The third-order valence-corrected chi connectivity index (χ3v) is 3.23. The van der Waals surface area contributed by atoms with E-state index in [1.165, 1.54) is 5.56 Å². The lowest BCUT2D eigenvalue weighted by Crippen LogP contribution is -1.86. The van der Waals surface area contributed by atoms with E-state index in [0.29, 0.717) is 0 Å². The highest BCUT2D eigenvalue weighted by atomic mass is 32.1. The molecular weight excluding hydrogens is 228 g/mol. The van der Waals surface area contributed by atoms with Crippen LogP contribution in [0.2, 0.25) is 0 Å². The van der Waals surface area contributed by atoms with Crippen LogP contribution in [0.1, 0.15) is 0 Å². The van der Waals surface area contributed by atoms with Crippen molar-refractivity contribution in [1.29, 1.82) is 0 Å². The second-order valence-electron chi connectivity index (χ2n) is 3.66. The number of aromatic nitrogens is 2. The van der Waals surface area contributed by atoms with Crippen molar-refractivity contribution < 1.29 is 0 Å². The summed E-state index contributed by atoms with van der Waals surface area (Å²) >= 11 is 1.69. The Bertz CT molecular complexity index is 586. The molecule has 3 heteroatoms. The molecule has 0 saturated carbocycles. The van der Waals surface area contributed by atoms with Gasteiger partial charge >= 0.3 is 0 Å². The minimum atomic E-state index is 0.907. The van der Waals surface area contributed by atoms with E-state index in [1.807, 2.05) is 30.5 Å². The molecule has 0 saturated heterocycles. The smallest absolute Gasteiger partial charge is 0.0886 e. The second-order valence-corrected chi connectivity index (χ2v) is 4.44. The van der Waals surface area contributed by atoms with E-state index in [-0.39, 0.29) is 0 Å². The molecule has 0 bridgehead atoms. The van der Waals surface area contributed by atoms with Crippen molar-refractivity contribution in [2.75, 3.05) is 0 Å². The molecule has 3 aromatic heterocycles. The fraction of sp³-hybridized carbons (Fsp3) is 0. The number of nitrogens with zero attached hydrogens (tertiary/aromatic N) is 2. The molecule has 0 fully saturated rings. The van der Waals surface area contributed by atoms with Crippen molar-refractivity contribution in [2.45, 2.75) is 0 Å². The average molecular weight is 238 g/mol. The van der Waals surface area contributed by atoms with Gasteiger partial charge in [0.05, 0.1) is 11.4 Å². The van der Waals surface area contributed by atoms with Gasteiger partial charge in [-0.2, -0.15) is 11.3 Å². The minimum absolute atomic E-state index is 0.907. The van der Waals surface area contributed by atoms with E-state index in [4.69, 9.17) is 0 Å². The summed E-state index contributed by atoms with van der Waals surface area (Å²) in [5.74, 6) is 0. The van der Waals surface area contributed by atoms with Crippen LogP contribution in [-0.4, -0.2) is 9.97 Å². The van der Waals surface area contributed by atoms with Crippen LogP contribution in [0, 0.1) is 0 Å². The summed E-state index contributed by atoms with van der Waals surface area (Å²) in [5.41, 5.74) is 4.18. The van der Waals surface area contributed by atoms with Gasteiger partial charge in [0.25, 0.3) is 0 Å². The normalized spacial score (nSPS) is 10.4. The van der Waals surface area contributed by atoms with E-state index < -0.39 is 0 Å². The van der Waals surface area contributed by atoms with Crippen LogP contribution in [0.4, 0.5) is 0 Å². The number of thiophene rings is 1. The zero-order chi connectivity index (χ0) is 11.5. The SMILES string of the molecule is c1ccc(-c2ccc(-c3ccsc3)cn2)nc1. The zero-order valence-corrected chi connectivity index (χ0v) is 9.89. The second kappa shape index (κ2) is 4.47. The lowest BCUT2D eigenvalue weighted by molar-refractivity contribution is 1.25. The Labute approximate surface area is 104 Å². The minimum Gasteiger partial charge on any atom is -0.255 e. The highest BCUT2D eigenvalue weighted by Gasteiger charge is 2.01. The summed E-state index contributed by atoms with van der Waals surface area (Å²) in [6, 6.07) is 12.0. The first-order valence-corrected chi connectivity index (χ1v) is 6.28. The van der Waals surface area contributed by atoms with Crippen LogP contribution in [0.15, 0.2) is 59.6 Å². The first kappa shape index (κ1) is 10.2. The van der Waals surface area contributed by atoms with Gasteiger partial charge in [0.1, 0.15) is 0 Å². The van der Waals surface area contributed by atoms with Crippen molar-refractivity contribution in [3.8, 4) is 22.5 Å². The van der Waals surface area contributed by atoms with Gasteiger partial charge < -0.3 is 0 Å². The Morgan fingerprint density at radius 3 is 2.41 bits per heavy atom. The van der Waals surface area contributed by atoms with Crippen LogP contribution in [0.25, 0.3) is 22.5 Å². The van der Waals surface area contributed by atoms with Crippen molar-refractivity contribution in [3.05, 3.63) is 59.6 Å². The van der Waals surface area contributed by atoms with Crippen molar-refractivity contribution in [1.82, 2.24) is 9.97 Å². The van der Waals surface area contributed by atoms with E-state index in [1.54, 1.807) is 17.5 Å². The molecular formula is C14H10N2S. The Kier molecular flexibility index (Phi) is 2.68. The van der Waals surface area contributed by atoms with Crippen LogP contribution in [-0.2, 0) is 0 Å². The highest BCUT2D eigenvalue weighted by Crippen LogP contribution is 2.23. The molecule has 82 valence electrons. The number of rotatable bonds is 2. The van der Waals surface area contributed by atoms with E-state index in [0.717, 1.165) is 17.0 Å². The van der Waals surface area contributed by atoms with E-state index >= 15 is 0 Å². The summed E-state index contributed by atoms with van der Waals surface area (Å²) < 4.78 is 0. The van der Waals surface area contributed by atoms with E-state index in [2.05, 4.69) is 32.9 Å². The van der Waals surface area contributed by atoms with Gasteiger partial charge in [0.2, 0.25) is 0 Å². The molecule has 0 N–H and O–H groups in total. The molecule has 3 rings (SSSR count). The topological polar surface area (TPSA) is 25.8 Å². The van der Waals surface area contributed by atoms with Crippen LogP contribution >= 0.6 is 11.3 Å². The number of hydrogen-bond acceptors (Lipinski definition) is 3. The van der Waals surface area contributed by atoms with Gasteiger partial charge in [0.15, 0.2) is 0 Å². The fourth-order valence-corrected chi connectivity index (χ4v) is 2.32. The van der Waals surface area contributed by atoms with Gasteiger partial charge in [-0.3, -0.25) is 9.97 Å². The summed E-state index contributed by atoms with van der Waals surface area (Å²) in [6.45, 7) is 0. The first-order valence-electron chi connectivity index (χ1n) is 5.33. The number of pyridine rings is 2. The van der Waals surface area contributed by atoms with Gasteiger partial charge in [-0.05, 0) is 40.6 Å². The summed E-state index contributed by atoms with van der Waals surface area (Å²) in [4.78, 5) is 8.73. The first-order chi connectivity index (χ1) is 8.43. The predicted octanol–water partition coefficient (Wildman–Crippen LogP) is 3.87. The summed E-state index contributed by atoms with van der Waals surface area (Å²) in [7, 11) is 0. The molecule has 0 aliphatic heterocycles. The van der Waals surface area contributed by atoms with Gasteiger partial charge in [-0.1, -0.05) is 12.1 Å². The molecule has 0 aliphatic carbocycles. The summed E-state index contributed by atoms with van der Waals surface area (Å²) in [5, 5.41) is 4.19. The molecule has 3 aromatic rings. The zero-order valence-electron chi connectivity index (χ0n) is 9.08. The van der Waals surface area contributed by atoms with E-state index in [9.17, 15) is 0 Å². The Balaban J connectivity index is 1.96. The average Bonchev–Trinajstić information content (AvgIpc) is 2.94. The Morgan fingerprint density at radius 1 is 0.824 bits per heavy atom. The predicted molar refractivity (Wildman–Crippen MR) is 70.8 cm³/mol. The Morgan fingerprint density at radius 2 is 1.76 bits per heavy atom. The third kappa shape index (κ3) is 2.10. The van der Waals surface area contributed by atoms with Crippen LogP contribution < -0.4 is 0 Å². The lowest BCUT2D eigenvalue weighted by atomic mass is 10.1. The molecule has 2 nitrogen and oxygen atoms in total. The number of hydrogen-bond donors (Lipinski definition) is 0. The van der Waals surface area contributed by atoms with Crippen molar-refractivity contribution in [3.63, 3.8) is 0 Å². The van der Waals surface area contributed by atoms with Crippen LogP contribution in [0.5, 0.6) is 0 Å². The van der Waals surface area contributed by atoms with Gasteiger partial charge in [-0.15, -0.1) is 0 Å². The highest BCUT2D eigenvalue weighted by molar-refractivity contribution is 7.08. The molecule has 3 heterocycles. The maximum absolute atomic E-state index is 4.45. The lowest BCUT2D eigenvalue weighted by Gasteiger charge is -2.01. The molecule has 0 amide bonds. The van der Waals surface area contributed by atoms with Crippen molar-refractivity contribution in [2.24, 2.45) is 0 Å². The molecule has 0 aromatic carbocycles. The monoisotopic (exact) mass is 238 g/mol.